The van der Waals surface area contributed by atoms with Crippen molar-refractivity contribution >= 4 is 26.0 Å². The van der Waals surface area contributed by atoms with Crippen molar-refractivity contribution in [3.63, 3.8) is 0 Å². The van der Waals surface area contributed by atoms with Gasteiger partial charge in [-0.1, -0.05) is 41.1 Å². The van der Waals surface area contributed by atoms with Crippen LogP contribution in [0.15, 0.2) is 45.8 Å². The largest absolute Gasteiger partial charge is 0.495 e. The number of hydrogen-bond acceptors (Lipinski definition) is 3. The summed E-state index contributed by atoms with van der Waals surface area (Å²) in [4.78, 5) is 0.127. The zero-order valence-electron chi connectivity index (χ0n) is 14.3. The maximum atomic E-state index is 12.8. The van der Waals surface area contributed by atoms with E-state index in [0.717, 1.165) is 11.1 Å². The molecule has 6 heteroatoms. The summed E-state index contributed by atoms with van der Waals surface area (Å²) in [6.07, 6.45) is 0.651. The van der Waals surface area contributed by atoms with Gasteiger partial charge in [0.15, 0.2) is 0 Å². The van der Waals surface area contributed by atoms with Gasteiger partial charge in [0.25, 0.3) is 0 Å². The molecule has 4 nitrogen and oxygen atoms in total. The van der Waals surface area contributed by atoms with Gasteiger partial charge in [0.2, 0.25) is 10.0 Å². The fourth-order valence-corrected chi connectivity index (χ4v) is 4.50. The quantitative estimate of drug-likeness (QED) is 0.760. The van der Waals surface area contributed by atoms with E-state index in [-0.39, 0.29) is 10.9 Å². The molecule has 0 amide bonds. The van der Waals surface area contributed by atoms with Gasteiger partial charge in [0.05, 0.1) is 7.11 Å². The summed E-state index contributed by atoms with van der Waals surface area (Å²) < 4.78 is 34.4. The smallest absolute Gasteiger partial charge is 0.244 e. The third kappa shape index (κ3) is 4.18. The minimum Gasteiger partial charge on any atom is -0.495 e. The van der Waals surface area contributed by atoms with E-state index in [1.807, 2.05) is 39.0 Å². The Hall–Kier alpha value is -1.37. The highest BCUT2D eigenvalue weighted by Gasteiger charge is 2.24. The lowest BCUT2D eigenvalue weighted by Crippen LogP contribution is -2.28. The van der Waals surface area contributed by atoms with Crippen molar-refractivity contribution in [2.45, 2.75) is 38.1 Å². The summed E-state index contributed by atoms with van der Waals surface area (Å²) in [6, 6.07) is 10.7. The van der Waals surface area contributed by atoms with E-state index in [2.05, 4.69) is 20.7 Å². The van der Waals surface area contributed by atoms with Crippen LogP contribution in [0, 0.1) is 13.8 Å². The number of hydrogen-bond donors (Lipinski definition) is 1. The van der Waals surface area contributed by atoms with Crippen LogP contribution in [-0.4, -0.2) is 15.5 Å². The summed E-state index contributed by atoms with van der Waals surface area (Å²) in [5.74, 6) is 0.320. The maximum absolute atomic E-state index is 12.8. The van der Waals surface area contributed by atoms with Crippen LogP contribution in [0.4, 0.5) is 0 Å². The Balaban J connectivity index is 2.39. The number of halogens is 1. The second-order valence-corrected chi connectivity index (χ2v) is 8.32. The van der Waals surface area contributed by atoms with Crippen LogP contribution < -0.4 is 9.46 Å². The van der Waals surface area contributed by atoms with Crippen molar-refractivity contribution < 1.29 is 13.2 Å². The highest BCUT2D eigenvalue weighted by Crippen LogP contribution is 2.29. The average molecular weight is 412 g/mol. The van der Waals surface area contributed by atoms with Gasteiger partial charge in [-0.15, -0.1) is 0 Å². The van der Waals surface area contributed by atoms with Gasteiger partial charge in [-0.25, -0.2) is 13.1 Å². The number of rotatable bonds is 6. The molecule has 2 aromatic rings. The zero-order chi connectivity index (χ0) is 17.9. The van der Waals surface area contributed by atoms with Crippen molar-refractivity contribution in [1.82, 2.24) is 4.72 Å². The molecule has 0 saturated heterocycles. The third-order valence-electron chi connectivity index (χ3n) is 4.05. The highest BCUT2D eigenvalue weighted by molar-refractivity contribution is 9.10. The summed E-state index contributed by atoms with van der Waals surface area (Å²) in [5, 5.41) is 0. The van der Waals surface area contributed by atoms with Crippen molar-refractivity contribution in [1.29, 1.82) is 0 Å². The molecule has 0 bridgehead atoms. The Morgan fingerprint density at radius 2 is 1.83 bits per heavy atom. The molecule has 0 aliphatic rings. The first-order valence-electron chi connectivity index (χ1n) is 7.71. The second kappa shape index (κ2) is 7.68. The number of aryl methyl sites for hydroxylation is 2. The van der Waals surface area contributed by atoms with E-state index >= 15 is 0 Å². The van der Waals surface area contributed by atoms with Crippen LogP contribution in [0.25, 0.3) is 0 Å². The number of benzene rings is 2. The Labute approximate surface area is 152 Å². The monoisotopic (exact) mass is 411 g/mol. The number of ether oxygens (including phenoxy) is 1. The minimum absolute atomic E-state index is 0.127. The molecular weight excluding hydrogens is 390 g/mol. The summed E-state index contributed by atoms with van der Waals surface area (Å²) in [7, 11) is -2.25. The molecule has 0 spiro atoms. The lowest BCUT2D eigenvalue weighted by atomic mass is 10.0. The third-order valence-corrected chi connectivity index (χ3v) is 6.04. The van der Waals surface area contributed by atoms with Crippen molar-refractivity contribution in [2.24, 2.45) is 0 Å². The van der Waals surface area contributed by atoms with E-state index in [0.29, 0.717) is 16.6 Å². The molecule has 0 aliphatic carbocycles. The van der Waals surface area contributed by atoms with Crippen molar-refractivity contribution in [3.8, 4) is 5.75 Å². The Kier molecular flexibility index (Phi) is 6.06. The molecule has 1 atom stereocenters. The molecule has 0 fully saturated rings. The molecule has 0 radical (unpaired) electrons. The first-order chi connectivity index (χ1) is 11.3. The predicted octanol–water partition coefficient (Wildman–Crippen LogP) is 4.50. The Morgan fingerprint density at radius 3 is 2.42 bits per heavy atom. The first-order valence-corrected chi connectivity index (χ1v) is 9.99. The number of nitrogens with one attached hydrogen (secondary N) is 1. The van der Waals surface area contributed by atoms with Crippen molar-refractivity contribution in [3.05, 3.63) is 57.6 Å². The molecule has 2 aromatic carbocycles. The molecule has 2 rings (SSSR count). The van der Waals surface area contributed by atoms with E-state index < -0.39 is 10.0 Å². The molecular formula is C18H22BrNO3S. The summed E-state index contributed by atoms with van der Waals surface area (Å²) in [5.41, 5.74) is 3.29. The highest BCUT2D eigenvalue weighted by atomic mass is 79.9. The summed E-state index contributed by atoms with van der Waals surface area (Å²) >= 11 is 3.32. The lowest BCUT2D eigenvalue weighted by Gasteiger charge is -2.19. The van der Waals surface area contributed by atoms with Crippen LogP contribution in [-0.2, 0) is 10.0 Å². The van der Waals surface area contributed by atoms with Crippen LogP contribution in [0.2, 0.25) is 0 Å². The van der Waals surface area contributed by atoms with E-state index in [1.165, 1.54) is 12.7 Å². The first kappa shape index (κ1) is 19.0. The molecule has 1 N–H and O–H groups in total. The van der Waals surface area contributed by atoms with Gasteiger partial charge >= 0.3 is 0 Å². The van der Waals surface area contributed by atoms with Gasteiger partial charge < -0.3 is 4.74 Å². The van der Waals surface area contributed by atoms with Gasteiger partial charge in [-0.05, 0) is 55.2 Å². The van der Waals surface area contributed by atoms with Crippen LogP contribution in [0.3, 0.4) is 0 Å². The van der Waals surface area contributed by atoms with Crippen molar-refractivity contribution in [2.75, 3.05) is 7.11 Å². The predicted molar refractivity (Wildman–Crippen MR) is 100.0 cm³/mol. The number of methoxy groups -OCH3 is 1. The van der Waals surface area contributed by atoms with E-state index in [9.17, 15) is 8.42 Å². The van der Waals surface area contributed by atoms with Gasteiger partial charge in [-0.3, -0.25) is 0 Å². The second-order valence-electron chi connectivity index (χ2n) is 5.72. The van der Waals surface area contributed by atoms with Gasteiger partial charge in [0, 0.05) is 10.5 Å². The molecule has 0 unspecified atom stereocenters. The average Bonchev–Trinajstić information content (AvgIpc) is 2.55. The topological polar surface area (TPSA) is 55.4 Å². The molecule has 0 aromatic heterocycles. The van der Waals surface area contributed by atoms with Crippen LogP contribution >= 0.6 is 15.9 Å². The van der Waals surface area contributed by atoms with Gasteiger partial charge in [0.1, 0.15) is 10.6 Å². The van der Waals surface area contributed by atoms with Crippen LogP contribution in [0.5, 0.6) is 5.75 Å². The SMILES string of the molecule is CC[C@H](NS(=O)(=O)c1cc(Br)ccc1OC)c1ccc(C)c(C)c1. The zero-order valence-corrected chi connectivity index (χ0v) is 16.7. The van der Waals surface area contributed by atoms with Gasteiger partial charge in [-0.2, -0.15) is 0 Å². The Morgan fingerprint density at radius 1 is 1.12 bits per heavy atom. The maximum Gasteiger partial charge on any atom is 0.244 e. The molecule has 0 heterocycles. The van der Waals surface area contributed by atoms with Crippen LogP contribution in [0.1, 0.15) is 36.1 Å². The standard InChI is InChI=1S/C18H22BrNO3S/c1-5-16(14-7-6-12(2)13(3)10-14)20-24(21,22)18-11-15(19)8-9-17(18)23-4/h6-11,16,20H,5H2,1-4H3/t16-/m0/s1. The Bertz CT molecular complexity index is 834. The molecule has 24 heavy (non-hydrogen) atoms. The van der Waals surface area contributed by atoms with E-state index in [4.69, 9.17) is 4.74 Å². The molecule has 0 aliphatic heterocycles. The fraction of sp³-hybridized carbons (Fsp3) is 0.333. The summed E-state index contributed by atoms with van der Waals surface area (Å²) in [6.45, 7) is 6.02. The molecule has 130 valence electrons. The minimum atomic E-state index is -3.71. The van der Waals surface area contributed by atoms with E-state index in [1.54, 1.807) is 18.2 Å². The lowest BCUT2D eigenvalue weighted by molar-refractivity contribution is 0.401. The molecule has 0 saturated carbocycles. The normalized spacial score (nSPS) is 12.9. The fourth-order valence-electron chi connectivity index (χ4n) is 2.48. The number of sulfonamides is 1.